The Morgan fingerprint density at radius 3 is 2.30 bits per heavy atom. The maximum atomic E-state index is 3.68. The quantitative estimate of drug-likeness (QED) is 0.590. The summed E-state index contributed by atoms with van der Waals surface area (Å²) < 4.78 is 0. The van der Waals surface area contributed by atoms with E-state index in [0.717, 1.165) is 6.04 Å². The molecule has 1 heterocycles. The van der Waals surface area contributed by atoms with Gasteiger partial charge in [0.15, 0.2) is 0 Å². The third-order valence-electron chi connectivity index (χ3n) is 4.42. The van der Waals surface area contributed by atoms with E-state index in [1.165, 1.54) is 77.4 Å². The summed E-state index contributed by atoms with van der Waals surface area (Å²) in [4.78, 5) is 2.73. The van der Waals surface area contributed by atoms with Gasteiger partial charge in [-0.3, -0.25) is 4.90 Å². The fourth-order valence-corrected chi connectivity index (χ4v) is 3.12. The van der Waals surface area contributed by atoms with Gasteiger partial charge in [0.2, 0.25) is 0 Å². The van der Waals surface area contributed by atoms with E-state index in [4.69, 9.17) is 0 Å². The lowest BCUT2D eigenvalue weighted by molar-refractivity contribution is 0.228. The zero-order valence-electron chi connectivity index (χ0n) is 14.5. The third kappa shape index (κ3) is 8.26. The van der Waals surface area contributed by atoms with E-state index in [9.17, 15) is 0 Å². The second-order valence-electron chi connectivity index (χ2n) is 7.58. The number of nitrogens with zero attached hydrogens (tertiary/aromatic N) is 1. The third-order valence-corrected chi connectivity index (χ3v) is 4.42. The number of nitrogens with one attached hydrogen (secondary N) is 1. The normalized spacial score (nSPS) is 20.7. The molecule has 0 saturated carbocycles. The Labute approximate surface area is 127 Å². The predicted molar refractivity (Wildman–Crippen MR) is 90.3 cm³/mol. The Morgan fingerprint density at radius 1 is 1.00 bits per heavy atom. The zero-order chi connectivity index (χ0) is 14.8. The van der Waals surface area contributed by atoms with Crippen molar-refractivity contribution in [1.82, 2.24) is 10.2 Å². The van der Waals surface area contributed by atoms with Crippen molar-refractivity contribution < 1.29 is 0 Å². The van der Waals surface area contributed by atoms with Crippen LogP contribution >= 0.6 is 0 Å². The van der Waals surface area contributed by atoms with Crippen LogP contribution in [0, 0.1) is 0 Å². The van der Waals surface area contributed by atoms with Gasteiger partial charge >= 0.3 is 0 Å². The Hall–Kier alpha value is -0.0800. The minimum atomic E-state index is 0.257. The van der Waals surface area contributed by atoms with E-state index in [1.54, 1.807) is 0 Å². The maximum absolute atomic E-state index is 3.68. The number of rotatable bonds is 10. The van der Waals surface area contributed by atoms with Crippen molar-refractivity contribution in [2.24, 2.45) is 0 Å². The molecule has 1 N–H and O–H groups in total. The fourth-order valence-electron chi connectivity index (χ4n) is 3.12. The summed E-state index contributed by atoms with van der Waals surface area (Å²) in [6.07, 6.45) is 12.7. The summed E-state index contributed by atoms with van der Waals surface area (Å²) >= 11 is 0. The average Bonchev–Trinajstić information content (AvgIpc) is 2.82. The molecule has 1 aliphatic heterocycles. The highest BCUT2D eigenvalue weighted by Crippen LogP contribution is 2.18. The van der Waals surface area contributed by atoms with Crippen LogP contribution in [0.4, 0.5) is 0 Å². The molecule has 0 aliphatic carbocycles. The van der Waals surface area contributed by atoms with Crippen LogP contribution in [0.3, 0.4) is 0 Å². The van der Waals surface area contributed by atoms with Crippen LogP contribution in [-0.2, 0) is 0 Å². The van der Waals surface area contributed by atoms with Crippen LogP contribution < -0.4 is 5.32 Å². The smallest absolute Gasteiger partial charge is 0.0221 e. The summed E-state index contributed by atoms with van der Waals surface area (Å²) in [5, 5.41) is 3.68. The van der Waals surface area contributed by atoms with Crippen LogP contribution in [0.5, 0.6) is 0 Å². The van der Waals surface area contributed by atoms with E-state index in [2.05, 4.69) is 37.9 Å². The largest absolute Gasteiger partial charge is 0.311 e. The Morgan fingerprint density at radius 2 is 1.65 bits per heavy atom. The molecular formula is C18H38N2. The summed E-state index contributed by atoms with van der Waals surface area (Å²) in [6, 6.07) is 0.786. The topological polar surface area (TPSA) is 15.3 Å². The lowest BCUT2D eigenvalue weighted by atomic mass is 10.1. The second kappa shape index (κ2) is 9.78. The molecule has 0 amide bonds. The predicted octanol–water partition coefficient (Wildman–Crippen LogP) is 4.59. The van der Waals surface area contributed by atoms with Gasteiger partial charge in [-0.15, -0.1) is 0 Å². The van der Waals surface area contributed by atoms with Crippen molar-refractivity contribution in [3.05, 3.63) is 0 Å². The molecule has 1 fully saturated rings. The number of hydrogen-bond acceptors (Lipinski definition) is 2. The first-order chi connectivity index (χ1) is 9.53. The van der Waals surface area contributed by atoms with E-state index >= 15 is 0 Å². The second-order valence-corrected chi connectivity index (χ2v) is 7.58. The maximum Gasteiger partial charge on any atom is 0.0221 e. The van der Waals surface area contributed by atoms with Crippen LogP contribution in [0.2, 0.25) is 0 Å². The average molecular weight is 283 g/mol. The van der Waals surface area contributed by atoms with Crippen LogP contribution in [0.25, 0.3) is 0 Å². The van der Waals surface area contributed by atoms with Gasteiger partial charge in [0.25, 0.3) is 0 Å². The Balaban J connectivity index is 2.06. The van der Waals surface area contributed by atoms with Gasteiger partial charge in [-0.25, -0.2) is 0 Å². The molecule has 1 unspecified atom stereocenters. The molecule has 20 heavy (non-hydrogen) atoms. The first kappa shape index (κ1) is 18.0. The first-order valence-electron chi connectivity index (χ1n) is 9.02. The van der Waals surface area contributed by atoms with Crippen molar-refractivity contribution in [3.8, 4) is 0 Å². The van der Waals surface area contributed by atoms with Gasteiger partial charge < -0.3 is 5.32 Å². The number of likely N-dealkylation sites (tertiary alicyclic amines) is 1. The minimum Gasteiger partial charge on any atom is -0.311 e. The molecule has 1 rings (SSSR count). The van der Waals surface area contributed by atoms with E-state index in [-0.39, 0.29) is 5.54 Å². The molecule has 2 nitrogen and oxygen atoms in total. The highest BCUT2D eigenvalue weighted by molar-refractivity contribution is 4.83. The molecule has 1 aliphatic rings. The molecule has 2 heteroatoms. The molecule has 0 radical (unpaired) electrons. The molecular weight excluding hydrogens is 244 g/mol. The fraction of sp³-hybridized carbons (Fsp3) is 1.00. The highest BCUT2D eigenvalue weighted by Gasteiger charge is 2.24. The Kier molecular flexibility index (Phi) is 8.79. The molecule has 0 aromatic heterocycles. The van der Waals surface area contributed by atoms with Gasteiger partial charge in [-0.1, -0.05) is 45.4 Å². The van der Waals surface area contributed by atoms with Gasteiger partial charge in [-0.05, 0) is 53.1 Å². The lowest BCUT2D eigenvalue weighted by Crippen LogP contribution is -2.45. The van der Waals surface area contributed by atoms with Gasteiger partial charge in [0.05, 0.1) is 0 Å². The van der Waals surface area contributed by atoms with E-state index in [1.807, 2.05) is 0 Å². The number of hydrogen-bond donors (Lipinski definition) is 1. The summed E-state index contributed by atoms with van der Waals surface area (Å²) in [7, 11) is 0. The summed E-state index contributed by atoms with van der Waals surface area (Å²) in [6.45, 7) is 12.9. The van der Waals surface area contributed by atoms with Crippen molar-refractivity contribution in [2.45, 2.75) is 97.1 Å². The highest BCUT2D eigenvalue weighted by atomic mass is 15.2. The first-order valence-corrected chi connectivity index (χ1v) is 9.02. The van der Waals surface area contributed by atoms with Gasteiger partial charge in [0.1, 0.15) is 0 Å². The van der Waals surface area contributed by atoms with Crippen LogP contribution in [-0.4, -0.2) is 36.1 Å². The molecule has 0 bridgehead atoms. The molecule has 0 spiro atoms. The molecule has 0 aromatic carbocycles. The molecule has 120 valence electrons. The van der Waals surface area contributed by atoms with Crippen LogP contribution in [0.15, 0.2) is 0 Å². The minimum absolute atomic E-state index is 0.257. The van der Waals surface area contributed by atoms with Crippen molar-refractivity contribution >= 4 is 0 Å². The lowest BCUT2D eigenvalue weighted by Gasteiger charge is -2.29. The van der Waals surface area contributed by atoms with Gasteiger partial charge in [-0.2, -0.15) is 0 Å². The standard InChI is InChI=1S/C18H38N2/c1-5-6-7-8-9-10-11-14-20-15-12-13-17(20)16-19-18(2,3)4/h17,19H,5-16H2,1-4H3. The SMILES string of the molecule is CCCCCCCCCN1CCCC1CNC(C)(C)C. The molecule has 1 atom stereocenters. The molecule has 1 saturated heterocycles. The molecule has 0 aromatic rings. The van der Waals surface area contributed by atoms with E-state index in [0.29, 0.717) is 0 Å². The van der Waals surface area contributed by atoms with Crippen molar-refractivity contribution in [3.63, 3.8) is 0 Å². The summed E-state index contributed by atoms with van der Waals surface area (Å²) in [5.74, 6) is 0. The number of unbranched alkanes of at least 4 members (excludes halogenated alkanes) is 6. The Bertz CT molecular complexity index is 232. The monoisotopic (exact) mass is 282 g/mol. The van der Waals surface area contributed by atoms with Gasteiger partial charge in [0, 0.05) is 18.1 Å². The van der Waals surface area contributed by atoms with E-state index < -0.39 is 0 Å². The van der Waals surface area contributed by atoms with Crippen LogP contribution in [0.1, 0.15) is 85.5 Å². The van der Waals surface area contributed by atoms with Crippen molar-refractivity contribution in [1.29, 1.82) is 0 Å². The summed E-state index contributed by atoms with van der Waals surface area (Å²) in [5.41, 5.74) is 0.257. The zero-order valence-corrected chi connectivity index (χ0v) is 14.5. The van der Waals surface area contributed by atoms with Crippen molar-refractivity contribution in [2.75, 3.05) is 19.6 Å².